The lowest BCUT2D eigenvalue weighted by atomic mass is 10.3. The van der Waals surface area contributed by atoms with Crippen LogP contribution in [0.4, 0.5) is 4.79 Å². The van der Waals surface area contributed by atoms with Crippen LogP contribution in [0.25, 0.3) is 0 Å². The number of carbonyl (C=O) groups is 2. The SMILES string of the molecule is C=CCNC(=O)NC(=O)COc1cc(Cl)c(Cl)cc1Cl. The van der Waals surface area contributed by atoms with E-state index < -0.39 is 11.9 Å². The molecule has 1 aromatic carbocycles. The van der Waals surface area contributed by atoms with Gasteiger partial charge in [0, 0.05) is 12.6 Å². The largest absolute Gasteiger partial charge is 0.482 e. The molecule has 0 spiro atoms. The van der Waals surface area contributed by atoms with Gasteiger partial charge < -0.3 is 10.1 Å². The lowest BCUT2D eigenvalue weighted by Crippen LogP contribution is -2.41. The van der Waals surface area contributed by atoms with Gasteiger partial charge in [0.05, 0.1) is 15.1 Å². The number of ether oxygens (including phenoxy) is 1. The van der Waals surface area contributed by atoms with E-state index in [4.69, 9.17) is 39.5 Å². The Morgan fingerprint density at radius 1 is 1.20 bits per heavy atom. The molecule has 1 aromatic rings. The lowest BCUT2D eigenvalue weighted by molar-refractivity contribution is -0.122. The third-order valence-corrected chi connectivity index (χ3v) is 3.01. The summed E-state index contributed by atoms with van der Waals surface area (Å²) in [5, 5.41) is 5.18. The van der Waals surface area contributed by atoms with Crippen LogP contribution in [0.3, 0.4) is 0 Å². The molecule has 20 heavy (non-hydrogen) atoms. The monoisotopic (exact) mass is 336 g/mol. The zero-order valence-corrected chi connectivity index (χ0v) is 12.5. The minimum absolute atomic E-state index is 0.197. The normalized spacial score (nSPS) is 9.75. The number of halogens is 3. The van der Waals surface area contributed by atoms with Crippen LogP contribution in [0, 0.1) is 0 Å². The van der Waals surface area contributed by atoms with Crippen LogP contribution in [-0.2, 0) is 4.79 Å². The van der Waals surface area contributed by atoms with Crippen LogP contribution >= 0.6 is 34.8 Å². The number of hydrogen-bond acceptors (Lipinski definition) is 3. The molecule has 8 heteroatoms. The molecule has 0 aromatic heterocycles. The van der Waals surface area contributed by atoms with Crippen molar-refractivity contribution in [3.8, 4) is 5.75 Å². The summed E-state index contributed by atoms with van der Waals surface area (Å²) < 4.78 is 5.15. The molecule has 3 amide bonds. The molecule has 0 saturated heterocycles. The van der Waals surface area contributed by atoms with Gasteiger partial charge in [-0.2, -0.15) is 0 Å². The number of hydrogen-bond donors (Lipinski definition) is 2. The average molecular weight is 338 g/mol. The van der Waals surface area contributed by atoms with E-state index in [9.17, 15) is 9.59 Å². The molecular formula is C12H11Cl3N2O3. The Labute approximate surface area is 130 Å². The van der Waals surface area contributed by atoms with E-state index in [1.165, 1.54) is 18.2 Å². The van der Waals surface area contributed by atoms with Crippen molar-refractivity contribution in [1.29, 1.82) is 0 Å². The minimum Gasteiger partial charge on any atom is -0.482 e. The first-order valence-corrected chi connectivity index (χ1v) is 6.53. The first-order valence-electron chi connectivity index (χ1n) is 5.40. The number of nitrogens with one attached hydrogen (secondary N) is 2. The van der Waals surface area contributed by atoms with Gasteiger partial charge in [0.25, 0.3) is 5.91 Å². The number of benzene rings is 1. The van der Waals surface area contributed by atoms with Crippen molar-refractivity contribution in [2.45, 2.75) is 0 Å². The molecule has 0 radical (unpaired) electrons. The minimum atomic E-state index is -0.640. The Bertz CT molecular complexity index is 535. The maximum Gasteiger partial charge on any atom is 0.321 e. The fraction of sp³-hybridized carbons (Fsp3) is 0.167. The molecule has 0 aliphatic rings. The Morgan fingerprint density at radius 3 is 2.50 bits per heavy atom. The van der Waals surface area contributed by atoms with Gasteiger partial charge in [-0.25, -0.2) is 4.79 Å². The highest BCUT2D eigenvalue weighted by Crippen LogP contribution is 2.33. The predicted octanol–water partition coefficient (Wildman–Crippen LogP) is 3.04. The maximum absolute atomic E-state index is 11.4. The molecule has 2 N–H and O–H groups in total. The molecule has 5 nitrogen and oxygen atoms in total. The molecule has 0 fully saturated rings. The van der Waals surface area contributed by atoms with Gasteiger partial charge in [-0.1, -0.05) is 40.9 Å². The smallest absolute Gasteiger partial charge is 0.321 e. The first kappa shape index (κ1) is 16.6. The standard InChI is InChI=1S/C12H11Cl3N2O3/c1-2-3-16-12(19)17-11(18)6-20-10-5-8(14)7(13)4-9(10)15/h2,4-5H,1,3,6H2,(H2,16,17,18,19). The molecule has 0 atom stereocenters. The molecule has 0 saturated carbocycles. The van der Waals surface area contributed by atoms with Gasteiger partial charge in [-0.05, 0) is 6.07 Å². The van der Waals surface area contributed by atoms with Crippen molar-refractivity contribution >= 4 is 46.7 Å². The number of amides is 3. The molecule has 1 rings (SSSR count). The highest BCUT2D eigenvalue weighted by Gasteiger charge is 2.11. The van der Waals surface area contributed by atoms with Crippen LogP contribution in [0.1, 0.15) is 0 Å². The molecule has 0 heterocycles. The predicted molar refractivity (Wildman–Crippen MR) is 78.7 cm³/mol. The Kier molecular flexibility index (Phi) is 6.64. The van der Waals surface area contributed by atoms with Crippen LogP contribution in [0.2, 0.25) is 15.1 Å². The molecule has 0 aliphatic carbocycles. The second-order valence-electron chi connectivity index (χ2n) is 3.53. The summed E-state index contributed by atoms with van der Waals surface area (Å²) in [7, 11) is 0. The first-order chi connectivity index (χ1) is 9.43. The van der Waals surface area contributed by atoms with Gasteiger partial charge in [0.2, 0.25) is 0 Å². The summed E-state index contributed by atoms with van der Waals surface area (Å²) in [5.41, 5.74) is 0. The summed E-state index contributed by atoms with van der Waals surface area (Å²) in [6, 6.07) is 2.14. The Hall–Kier alpha value is -1.43. The van der Waals surface area contributed by atoms with Crippen LogP contribution in [0.5, 0.6) is 5.75 Å². The number of imide groups is 1. The molecule has 0 aliphatic heterocycles. The van der Waals surface area contributed by atoms with Crippen LogP contribution < -0.4 is 15.4 Å². The maximum atomic E-state index is 11.4. The second-order valence-corrected chi connectivity index (χ2v) is 4.75. The number of carbonyl (C=O) groups excluding carboxylic acids is 2. The number of rotatable bonds is 5. The van der Waals surface area contributed by atoms with Crippen molar-refractivity contribution in [3.05, 3.63) is 39.9 Å². The van der Waals surface area contributed by atoms with Gasteiger partial charge in [0.1, 0.15) is 5.75 Å². The molecule has 0 unspecified atom stereocenters. The van der Waals surface area contributed by atoms with E-state index in [0.29, 0.717) is 0 Å². The van der Waals surface area contributed by atoms with Gasteiger partial charge in [-0.3, -0.25) is 10.1 Å². The zero-order chi connectivity index (χ0) is 15.1. The van der Waals surface area contributed by atoms with E-state index in [1.54, 1.807) is 0 Å². The fourth-order valence-electron chi connectivity index (χ4n) is 1.13. The van der Waals surface area contributed by atoms with Gasteiger partial charge in [0.15, 0.2) is 6.61 Å². The van der Waals surface area contributed by atoms with Crippen LogP contribution in [-0.4, -0.2) is 25.1 Å². The van der Waals surface area contributed by atoms with Gasteiger partial charge in [-0.15, -0.1) is 6.58 Å². The number of urea groups is 1. The molecular weight excluding hydrogens is 327 g/mol. The van der Waals surface area contributed by atoms with E-state index in [0.717, 1.165) is 0 Å². The Morgan fingerprint density at radius 2 is 1.85 bits per heavy atom. The molecule has 0 bridgehead atoms. The third-order valence-electron chi connectivity index (χ3n) is 1.99. The second kappa shape index (κ2) is 7.99. The third kappa shape index (κ3) is 5.28. The summed E-state index contributed by atoms with van der Waals surface area (Å²) in [5.74, 6) is -0.434. The average Bonchev–Trinajstić information content (AvgIpc) is 2.39. The fourth-order valence-corrected chi connectivity index (χ4v) is 1.72. The summed E-state index contributed by atoms with van der Waals surface area (Å²) in [6.07, 6.45) is 1.48. The summed E-state index contributed by atoms with van der Waals surface area (Å²) in [4.78, 5) is 22.6. The highest BCUT2D eigenvalue weighted by atomic mass is 35.5. The van der Waals surface area contributed by atoms with E-state index in [2.05, 4.69) is 17.2 Å². The summed E-state index contributed by atoms with van der Waals surface area (Å²) >= 11 is 17.4. The van der Waals surface area contributed by atoms with Crippen LogP contribution in [0.15, 0.2) is 24.8 Å². The highest BCUT2D eigenvalue weighted by molar-refractivity contribution is 6.43. The van der Waals surface area contributed by atoms with Crippen molar-refractivity contribution in [2.24, 2.45) is 0 Å². The topological polar surface area (TPSA) is 67.4 Å². The van der Waals surface area contributed by atoms with E-state index in [1.807, 2.05) is 0 Å². The van der Waals surface area contributed by atoms with Crippen molar-refractivity contribution in [2.75, 3.05) is 13.2 Å². The van der Waals surface area contributed by atoms with E-state index in [-0.39, 0.29) is 34.0 Å². The van der Waals surface area contributed by atoms with Crippen molar-refractivity contribution < 1.29 is 14.3 Å². The quantitative estimate of drug-likeness (QED) is 0.641. The zero-order valence-electron chi connectivity index (χ0n) is 10.2. The van der Waals surface area contributed by atoms with Crippen molar-refractivity contribution in [1.82, 2.24) is 10.6 Å². The van der Waals surface area contributed by atoms with E-state index >= 15 is 0 Å². The summed E-state index contributed by atoms with van der Waals surface area (Å²) in [6.45, 7) is 3.28. The Balaban J connectivity index is 2.51. The lowest BCUT2D eigenvalue weighted by Gasteiger charge is -2.09. The molecule has 108 valence electrons. The van der Waals surface area contributed by atoms with Gasteiger partial charge >= 0.3 is 6.03 Å². The van der Waals surface area contributed by atoms with Crippen molar-refractivity contribution in [3.63, 3.8) is 0 Å².